The summed E-state index contributed by atoms with van der Waals surface area (Å²) in [5, 5.41) is 56.2. The number of nitrogens with one attached hydrogen (secondary N) is 6. The number of amides is 4. The Kier molecular flexibility index (Phi) is 25.8. The third kappa shape index (κ3) is 19.7. The number of carbonyl (C=O) groups is 8. The van der Waals surface area contributed by atoms with E-state index in [2.05, 4.69) is 31.6 Å². The van der Waals surface area contributed by atoms with Crippen molar-refractivity contribution in [1.29, 1.82) is 0 Å². The second-order valence-electron chi connectivity index (χ2n) is 19.9. The predicted molar refractivity (Wildman–Crippen MR) is 299 cm³/mol. The first-order valence-electron chi connectivity index (χ1n) is 25.7. The van der Waals surface area contributed by atoms with Crippen molar-refractivity contribution >= 4 is 79.4 Å². The zero-order chi connectivity index (χ0) is 55.5. The molecule has 0 radical (unpaired) electrons. The Morgan fingerprint density at radius 1 is 0.740 bits per heavy atom. The van der Waals surface area contributed by atoms with Gasteiger partial charge in [-0.2, -0.15) is 0 Å². The van der Waals surface area contributed by atoms with Crippen LogP contribution in [0.2, 0.25) is 0 Å². The highest BCUT2D eigenvalue weighted by molar-refractivity contribution is 8.76. The molecule has 1 aromatic heterocycles. The van der Waals surface area contributed by atoms with Crippen LogP contribution in [0.3, 0.4) is 0 Å². The van der Waals surface area contributed by atoms with Crippen molar-refractivity contribution < 1.29 is 58.8 Å². The summed E-state index contributed by atoms with van der Waals surface area (Å²) >= 11 is 0. The highest BCUT2D eigenvalue weighted by Gasteiger charge is 2.38. The van der Waals surface area contributed by atoms with Crippen LogP contribution in [0.25, 0.3) is 10.9 Å². The number of fused-ring (bicyclic) bond motifs is 1. The number of aromatic amines is 1. The molecular weight excluding hydrogens is 1030 g/mol. The normalized spacial score (nSPS) is 22.1. The number of aromatic nitrogens is 1. The van der Waals surface area contributed by atoms with Gasteiger partial charge in [0.25, 0.3) is 0 Å². The monoisotopic (exact) mass is 1100 g/mol. The number of hydrogen-bond acceptors (Lipinski definition) is 15. The Labute approximate surface area is 458 Å². The van der Waals surface area contributed by atoms with Crippen LogP contribution in [0.5, 0.6) is 5.75 Å². The number of aliphatic carboxylic acids is 1. The highest BCUT2D eigenvalue weighted by Crippen LogP contribution is 2.29. The molecule has 0 spiro atoms. The number of H-pyrrole nitrogens is 1. The summed E-state index contributed by atoms with van der Waals surface area (Å²) in [4.78, 5) is 117. The van der Waals surface area contributed by atoms with E-state index in [9.17, 15) is 54.0 Å². The molecule has 0 bridgehead atoms. The van der Waals surface area contributed by atoms with Gasteiger partial charge in [0.05, 0.1) is 42.2 Å². The largest absolute Gasteiger partial charge is 0.508 e. The van der Waals surface area contributed by atoms with Crippen LogP contribution in [0.15, 0.2) is 85.1 Å². The lowest BCUT2D eigenvalue weighted by Crippen LogP contribution is -2.59. The first kappa shape index (κ1) is 63.4. The van der Waals surface area contributed by atoms with Crippen LogP contribution < -0.4 is 32.3 Å². The Hall–Kier alpha value is -6.10. The van der Waals surface area contributed by atoms with Gasteiger partial charge in [0.15, 0.2) is 17.3 Å². The van der Waals surface area contributed by atoms with E-state index in [-0.39, 0.29) is 68.7 Å². The fourth-order valence-electron chi connectivity index (χ4n) is 9.00. The smallest absolute Gasteiger partial charge is 0.309 e. The summed E-state index contributed by atoms with van der Waals surface area (Å²) < 4.78 is 0. The average Bonchev–Trinajstić information content (AvgIpc) is 3.79. The standard InChI is InChI=1S/C55H73N7O12S2.CH4/c1-31(2)58-44(22-34-12-6-5-7-13-34)48(67)26-38-29-75-76-30-46(49(68)27-41(32(3)63)55(73)74)61-54(72)50(33(4)64)62-53(71)43(16-10-11-21-56)59-51(69)36(24-37-28-57-42-15-9-8-14-40(37)42)25-47(66)45(60-52(38)70)23-35-17-19-39(65)20-18-35;/h5-9,12-15,17-20,28,31-33,36,38,41,43-46,50,57-58,63-65H,10-11,16,21-27,29-30,56H2,1-4H3,(H,59,69)(H,60,70)(H,61,72)(H,62,71)(H,73,74);1H4/t32?,33?,36-,38-,41-,43-,44+,45-,46-,50-;/m0./s1. The van der Waals surface area contributed by atoms with E-state index in [1.165, 1.54) is 26.0 Å². The zero-order valence-corrected chi connectivity index (χ0v) is 45.0. The third-order valence-corrected chi connectivity index (χ3v) is 15.8. The molecule has 1 saturated heterocycles. The van der Waals surface area contributed by atoms with Crippen molar-refractivity contribution in [3.8, 4) is 5.75 Å². The molecule has 4 aromatic rings. The highest BCUT2D eigenvalue weighted by atomic mass is 33.1. The number of carbonyl (C=O) groups excluding carboxylic acids is 7. The molecule has 1 aliphatic heterocycles. The molecule has 12 N–H and O–H groups in total. The van der Waals surface area contributed by atoms with Crippen LogP contribution in [-0.2, 0) is 57.6 Å². The number of para-hydroxylation sites is 1. The van der Waals surface area contributed by atoms with Gasteiger partial charge in [-0.25, -0.2) is 0 Å². The van der Waals surface area contributed by atoms with E-state index in [1.807, 2.05) is 68.4 Å². The number of Topliss-reactive ketones (excluding diaryl/α,β-unsaturated/α-hetero) is 3. The Morgan fingerprint density at radius 3 is 2.04 bits per heavy atom. The van der Waals surface area contributed by atoms with Gasteiger partial charge in [-0.3, -0.25) is 38.4 Å². The Balaban J connectivity index is 0.0000128. The van der Waals surface area contributed by atoms with Gasteiger partial charge in [0.1, 0.15) is 17.8 Å². The van der Waals surface area contributed by atoms with Crippen LogP contribution >= 0.6 is 21.6 Å². The molecule has 21 heteroatoms. The molecule has 1 aliphatic rings. The minimum Gasteiger partial charge on any atom is -0.508 e. The number of carboxylic acid groups (broad SMARTS) is 1. The molecule has 77 heavy (non-hydrogen) atoms. The second kappa shape index (κ2) is 31.3. The van der Waals surface area contributed by atoms with Crippen molar-refractivity contribution in [2.75, 3.05) is 18.1 Å². The number of phenolic OH excluding ortho intramolecular Hbond substituents is 1. The lowest BCUT2D eigenvalue weighted by atomic mass is 9.88. The van der Waals surface area contributed by atoms with Crippen molar-refractivity contribution in [3.63, 3.8) is 0 Å². The number of hydrogen-bond donors (Lipinski definition) is 11. The molecule has 4 amide bonds. The summed E-state index contributed by atoms with van der Waals surface area (Å²) in [6.45, 7) is 6.50. The molecule has 2 unspecified atom stereocenters. The molecule has 10 atom stereocenters. The summed E-state index contributed by atoms with van der Waals surface area (Å²) in [6.07, 6.45) is -1.65. The molecule has 19 nitrogen and oxygen atoms in total. The third-order valence-electron chi connectivity index (χ3n) is 13.3. The van der Waals surface area contributed by atoms with Gasteiger partial charge in [0.2, 0.25) is 23.6 Å². The lowest BCUT2D eigenvalue weighted by molar-refractivity contribution is -0.147. The van der Waals surface area contributed by atoms with E-state index in [1.54, 1.807) is 18.3 Å². The summed E-state index contributed by atoms with van der Waals surface area (Å²) in [7, 11) is 2.12. The molecule has 3 aromatic carbocycles. The average molecular weight is 1100 g/mol. The van der Waals surface area contributed by atoms with Gasteiger partial charge in [0, 0.05) is 59.8 Å². The first-order valence-corrected chi connectivity index (χ1v) is 28.2. The molecular formula is C56H77N7O12S2. The molecule has 0 aliphatic carbocycles. The van der Waals surface area contributed by atoms with Crippen LogP contribution in [-0.4, -0.2) is 139 Å². The van der Waals surface area contributed by atoms with Crippen LogP contribution in [0, 0.1) is 17.8 Å². The van der Waals surface area contributed by atoms with Crippen molar-refractivity contribution in [1.82, 2.24) is 31.6 Å². The van der Waals surface area contributed by atoms with E-state index >= 15 is 4.79 Å². The summed E-state index contributed by atoms with van der Waals surface area (Å²) in [6, 6.07) is 16.2. The molecule has 2 heterocycles. The van der Waals surface area contributed by atoms with Gasteiger partial charge < -0.3 is 57.7 Å². The Bertz CT molecular complexity index is 2600. The number of carboxylic acids is 1. The second-order valence-corrected chi connectivity index (χ2v) is 22.4. The van der Waals surface area contributed by atoms with Gasteiger partial charge in [-0.05, 0) is 93.8 Å². The number of ketones is 3. The van der Waals surface area contributed by atoms with E-state index in [0.29, 0.717) is 30.4 Å². The van der Waals surface area contributed by atoms with Crippen LogP contribution in [0.1, 0.15) is 90.3 Å². The van der Waals surface area contributed by atoms with Gasteiger partial charge in [-0.1, -0.05) is 104 Å². The number of phenols is 1. The van der Waals surface area contributed by atoms with Crippen molar-refractivity contribution in [2.24, 2.45) is 23.5 Å². The minimum atomic E-state index is -1.70. The fourth-order valence-corrected chi connectivity index (χ4v) is 11.5. The van der Waals surface area contributed by atoms with Gasteiger partial charge in [-0.15, -0.1) is 0 Å². The number of aliphatic hydroxyl groups excluding tert-OH is 2. The predicted octanol–water partition coefficient (Wildman–Crippen LogP) is 3.94. The summed E-state index contributed by atoms with van der Waals surface area (Å²) in [5.74, 6) is -10.4. The van der Waals surface area contributed by atoms with E-state index in [0.717, 1.165) is 38.1 Å². The number of unbranched alkanes of at least 4 members (excludes halogenated alkanes) is 1. The quantitative estimate of drug-likeness (QED) is 0.0416. The van der Waals surface area contributed by atoms with Gasteiger partial charge >= 0.3 is 5.97 Å². The molecule has 0 saturated carbocycles. The zero-order valence-electron chi connectivity index (χ0n) is 43.4. The molecule has 1 fully saturated rings. The van der Waals surface area contributed by atoms with E-state index < -0.39 is 114 Å². The maximum atomic E-state index is 15.0. The maximum Gasteiger partial charge on any atom is 0.309 e. The SMILES string of the molecule is C.CC(C)N[C@H](Cc1ccccc1)C(=O)C[C@H]1CSSC[C@@H](C(=O)C[C@H](C(=O)O)C(C)O)NC(=O)[C@H](C(C)O)NC(=O)[C@H](CCCCN)NC(=O)[C@@H](Cc2c[nH]c3ccccc23)CC(=O)[C@H](Cc2ccc(O)cc2)NC1=O. The number of benzene rings is 3. The Morgan fingerprint density at radius 2 is 1.39 bits per heavy atom. The number of nitrogens with two attached hydrogens (primary N) is 1. The fraction of sp³-hybridized carbons (Fsp3) is 0.500. The number of aliphatic hydroxyl groups is 2. The van der Waals surface area contributed by atoms with E-state index in [4.69, 9.17) is 5.73 Å². The molecule has 420 valence electrons. The van der Waals surface area contributed by atoms with Crippen LogP contribution in [0.4, 0.5) is 0 Å². The topological polar surface area (TPSA) is 319 Å². The van der Waals surface area contributed by atoms with Crippen molar-refractivity contribution in [3.05, 3.63) is 102 Å². The number of rotatable bonds is 21. The molecule has 5 rings (SSSR count). The lowest BCUT2D eigenvalue weighted by Gasteiger charge is -2.28. The number of aromatic hydroxyl groups is 1. The van der Waals surface area contributed by atoms with Crippen molar-refractivity contribution in [2.45, 2.75) is 141 Å². The maximum absolute atomic E-state index is 15.0. The first-order chi connectivity index (χ1) is 36.2. The summed E-state index contributed by atoms with van der Waals surface area (Å²) in [5.41, 5.74) is 8.71. The minimum absolute atomic E-state index is 0.